The van der Waals surface area contributed by atoms with E-state index < -0.39 is 37.8 Å². The highest BCUT2D eigenvalue weighted by molar-refractivity contribution is 7.94. The van der Waals surface area contributed by atoms with Gasteiger partial charge in [0.2, 0.25) is 15.9 Å². The minimum absolute atomic E-state index is 0.00504. The maximum absolute atomic E-state index is 12.6. The van der Waals surface area contributed by atoms with Crippen LogP contribution in [-0.2, 0) is 24.8 Å². The molecule has 11 heteroatoms. The van der Waals surface area contributed by atoms with Crippen molar-refractivity contribution < 1.29 is 26.4 Å². The molecule has 1 saturated heterocycles. The normalized spacial score (nSPS) is 18.8. The highest BCUT2D eigenvalue weighted by Crippen LogP contribution is 2.29. The van der Waals surface area contributed by atoms with Crippen molar-refractivity contribution in [2.45, 2.75) is 11.8 Å². The van der Waals surface area contributed by atoms with E-state index in [0.717, 1.165) is 0 Å². The van der Waals surface area contributed by atoms with Crippen LogP contribution < -0.4 is 14.8 Å². The van der Waals surface area contributed by atoms with Crippen LogP contribution in [0.25, 0.3) is 0 Å². The van der Waals surface area contributed by atoms with Crippen molar-refractivity contribution in [3.63, 3.8) is 0 Å². The molecule has 9 nitrogen and oxygen atoms in total. The number of hydrogen-bond donors (Lipinski definition) is 2. The van der Waals surface area contributed by atoms with E-state index in [0.29, 0.717) is 4.31 Å². The smallest absolute Gasteiger partial charge is 0.261 e. The summed E-state index contributed by atoms with van der Waals surface area (Å²) in [6.07, 6.45) is 0. The average molecular weight is 423 g/mol. The molecule has 0 aliphatic carbocycles. The number of nitrogens with two attached hydrogens (primary N) is 1. The molecule has 1 heterocycles. The molecule has 2 amide bonds. The summed E-state index contributed by atoms with van der Waals surface area (Å²) in [5.74, 6) is -2.32. The SMILES string of the molecule is C[C@H]1CS(=O)(=O)N(c2ccc(S(=O)(=O)Nc3ccccc3C(N)=O)cc2)C1=O. The first-order valence-electron chi connectivity index (χ1n) is 8.11. The molecule has 3 rings (SSSR count). The van der Waals surface area contributed by atoms with Gasteiger partial charge in [-0.05, 0) is 36.4 Å². The molecule has 2 aromatic rings. The quantitative estimate of drug-likeness (QED) is 0.731. The molecular formula is C17H17N3O6S2. The van der Waals surface area contributed by atoms with Crippen molar-refractivity contribution in [2.75, 3.05) is 14.8 Å². The first-order valence-corrected chi connectivity index (χ1v) is 11.2. The maximum atomic E-state index is 12.6. The van der Waals surface area contributed by atoms with Crippen molar-refractivity contribution in [1.29, 1.82) is 0 Å². The molecule has 3 N–H and O–H groups in total. The third-order valence-electron chi connectivity index (χ3n) is 4.18. The molecule has 2 aromatic carbocycles. The van der Waals surface area contributed by atoms with E-state index in [1.54, 1.807) is 12.1 Å². The lowest BCUT2D eigenvalue weighted by atomic mass is 10.2. The van der Waals surface area contributed by atoms with Crippen LogP contribution in [0.4, 0.5) is 11.4 Å². The Balaban J connectivity index is 1.91. The van der Waals surface area contributed by atoms with E-state index in [9.17, 15) is 26.4 Å². The van der Waals surface area contributed by atoms with Gasteiger partial charge in [-0.3, -0.25) is 14.3 Å². The van der Waals surface area contributed by atoms with Crippen LogP contribution in [0.5, 0.6) is 0 Å². The van der Waals surface area contributed by atoms with Crippen LogP contribution in [0, 0.1) is 5.92 Å². The van der Waals surface area contributed by atoms with Gasteiger partial charge >= 0.3 is 0 Å². The lowest BCUT2D eigenvalue weighted by molar-refractivity contribution is -0.119. The average Bonchev–Trinajstić information content (AvgIpc) is 2.82. The second-order valence-electron chi connectivity index (χ2n) is 6.29. The fourth-order valence-corrected chi connectivity index (χ4v) is 5.74. The Hall–Kier alpha value is -2.92. The molecule has 1 atom stereocenters. The predicted molar refractivity (Wildman–Crippen MR) is 103 cm³/mol. The molecule has 0 saturated carbocycles. The van der Waals surface area contributed by atoms with E-state index in [4.69, 9.17) is 5.73 Å². The highest BCUT2D eigenvalue weighted by Gasteiger charge is 2.42. The van der Waals surface area contributed by atoms with Crippen LogP contribution in [-0.4, -0.2) is 34.4 Å². The topological polar surface area (TPSA) is 144 Å². The number of hydrogen-bond acceptors (Lipinski definition) is 6. The van der Waals surface area contributed by atoms with Gasteiger partial charge in [0.15, 0.2) is 0 Å². The Bertz CT molecular complexity index is 1160. The summed E-state index contributed by atoms with van der Waals surface area (Å²) in [6.45, 7) is 1.51. The zero-order chi connectivity index (χ0) is 20.7. The molecule has 1 fully saturated rings. The number of nitrogens with one attached hydrogen (secondary N) is 1. The van der Waals surface area contributed by atoms with E-state index in [-0.39, 0.29) is 27.6 Å². The lowest BCUT2D eigenvalue weighted by Crippen LogP contribution is -2.30. The van der Waals surface area contributed by atoms with Crippen LogP contribution in [0.1, 0.15) is 17.3 Å². The first-order chi connectivity index (χ1) is 13.0. The number of carbonyl (C=O) groups is 2. The summed E-state index contributed by atoms with van der Waals surface area (Å²) >= 11 is 0. The van der Waals surface area contributed by atoms with Gasteiger partial charge in [0.05, 0.1) is 33.5 Å². The van der Waals surface area contributed by atoms with Gasteiger partial charge in [-0.25, -0.2) is 21.1 Å². The minimum Gasteiger partial charge on any atom is -0.366 e. The standard InChI is InChI=1S/C17H17N3O6S2/c1-11-10-27(23,24)20(17(11)22)12-6-8-13(9-7-12)28(25,26)19-15-5-3-2-4-14(15)16(18)21/h2-9,11,19H,10H2,1H3,(H2,18,21)/t11-/m0/s1. The van der Waals surface area contributed by atoms with Crippen LogP contribution in [0.15, 0.2) is 53.4 Å². The van der Waals surface area contributed by atoms with Gasteiger partial charge < -0.3 is 5.73 Å². The lowest BCUT2D eigenvalue weighted by Gasteiger charge is -2.16. The number of primary amides is 1. The summed E-state index contributed by atoms with van der Waals surface area (Å²) in [4.78, 5) is 23.4. The number of rotatable bonds is 5. The third kappa shape index (κ3) is 3.58. The molecule has 0 aromatic heterocycles. The van der Waals surface area contributed by atoms with E-state index >= 15 is 0 Å². The highest BCUT2D eigenvalue weighted by atomic mass is 32.2. The Morgan fingerprint density at radius 1 is 1.14 bits per heavy atom. The zero-order valence-electron chi connectivity index (χ0n) is 14.7. The minimum atomic E-state index is -4.07. The Morgan fingerprint density at radius 3 is 2.29 bits per heavy atom. The maximum Gasteiger partial charge on any atom is 0.261 e. The van der Waals surface area contributed by atoms with Gasteiger partial charge in [0, 0.05) is 0 Å². The van der Waals surface area contributed by atoms with E-state index in [1.165, 1.54) is 43.3 Å². The van der Waals surface area contributed by atoms with Crippen molar-refractivity contribution in [3.05, 3.63) is 54.1 Å². The summed E-state index contributed by atoms with van der Waals surface area (Å²) < 4.78 is 52.4. The predicted octanol–water partition coefficient (Wildman–Crippen LogP) is 0.899. The van der Waals surface area contributed by atoms with Crippen molar-refractivity contribution in [3.8, 4) is 0 Å². The molecule has 0 bridgehead atoms. The van der Waals surface area contributed by atoms with Crippen molar-refractivity contribution in [1.82, 2.24) is 0 Å². The van der Waals surface area contributed by atoms with Crippen molar-refractivity contribution in [2.24, 2.45) is 11.7 Å². The van der Waals surface area contributed by atoms with E-state index in [2.05, 4.69) is 4.72 Å². The van der Waals surface area contributed by atoms with Gasteiger partial charge in [-0.15, -0.1) is 0 Å². The molecule has 0 unspecified atom stereocenters. The number of nitrogens with zero attached hydrogens (tertiary/aromatic N) is 1. The van der Waals surface area contributed by atoms with Gasteiger partial charge in [0.25, 0.3) is 15.9 Å². The molecule has 0 radical (unpaired) electrons. The summed E-state index contributed by atoms with van der Waals surface area (Å²) in [5, 5.41) is 0. The second-order valence-corrected chi connectivity index (χ2v) is 9.84. The molecule has 1 aliphatic rings. The molecule has 148 valence electrons. The number of benzene rings is 2. The Labute approximate surface area is 162 Å². The summed E-state index contributed by atoms with van der Waals surface area (Å²) in [6, 6.07) is 10.7. The molecular weight excluding hydrogens is 406 g/mol. The van der Waals surface area contributed by atoms with Gasteiger partial charge in [-0.2, -0.15) is 0 Å². The Morgan fingerprint density at radius 2 is 1.75 bits per heavy atom. The number of sulfonamides is 2. The fourth-order valence-electron chi connectivity index (χ4n) is 2.84. The molecule has 0 spiro atoms. The van der Waals surface area contributed by atoms with E-state index in [1.807, 2.05) is 0 Å². The largest absolute Gasteiger partial charge is 0.366 e. The summed E-state index contributed by atoms with van der Waals surface area (Å²) in [7, 11) is -7.86. The first kappa shape index (κ1) is 19.8. The third-order valence-corrected chi connectivity index (χ3v) is 7.43. The number of para-hydroxylation sites is 1. The van der Waals surface area contributed by atoms with Gasteiger partial charge in [0.1, 0.15) is 0 Å². The van der Waals surface area contributed by atoms with Crippen molar-refractivity contribution >= 4 is 43.2 Å². The second kappa shape index (κ2) is 6.91. The number of carbonyl (C=O) groups excluding carboxylic acids is 2. The van der Waals surface area contributed by atoms with Crippen LogP contribution >= 0.6 is 0 Å². The molecule has 1 aliphatic heterocycles. The zero-order valence-corrected chi connectivity index (χ0v) is 16.3. The number of amides is 2. The van der Waals surface area contributed by atoms with Crippen LogP contribution in [0.2, 0.25) is 0 Å². The van der Waals surface area contributed by atoms with Gasteiger partial charge in [-0.1, -0.05) is 19.1 Å². The number of anilines is 2. The Kier molecular flexibility index (Phi) is 4.90. The monoisotopic (exact) mass is 423 g/mol. The fraction of sp³-hybridized carbons (Fsp3) is 0.176. The summed E-state index contributed by atoms with van der Waals surface area (Å²) in [5.41, 5.74) is 5.33. The molecule has 28 heavy (non-hydrogen) atoms. The van der Waals surface area contributed by atoms with Crippen LogP contribution in [0.3, 0.4) is 0 Å².